The molecule has 4 atom stereocenters. The van der Waals surface area contributed by atoms with E-state index in [-0.39, 0.29) is 19.0 Å². The molecule has 22 heavy (non-hydrogen) atoms. The highest BCUT2D eigenvalue weighted by atomic mass is 16.8. The summed E-state index contributed by atoms with van der Waals surface area (Å²) in [6, 6.07) is 0. The Morgan fingerprint density at radius 2 is 2.41 bits per heavy atom. The van der Waals surface area contributed by atoms with Crippen LogP contribution in [0, 0.1) is 0 Å². The maximum Gasteiger partial charge on any atom is 0.227 e. The van der Waals surface area contributed by atoms with E-state index in [1.165, 1.54) is 11.1 Å². The first-order chi connectivity index (χ1) is 10.6. The third-order valence-electron chi connectivity index (χ3n) is 3.43. The Labute approximate surface area is 126 Å². The minimum Gasteiger partial charge on any atom is -0.394 e. The molecule has 0 aliphatic carbocycles. The smallest absolute Gasteiger partial charge is 0.227 e. The zero-order valence-electron chi connectivity index (χ0n) is 12.0. The maximum absolute atomic E-state index is 9.72. The van der Waals surface area contributed by atoms with Gasteiger partial charge in [0.1, 0.15) is 18.1 Å². The lowest BCUT2D eigenvalue weighted by molar-refractivity contribution is -0.144. The van der Waals surface area contributed by atoms with Crippen LogP contribution in [0.25, 0.3) is 0 Å². The SMILES string of the molecule is CCOC1N=C(N)Nc2c1ncn2O[C@H]1C[C@H](O)[C@@H](CO)O1. The molecule has 2 aliphatic heterocycles. The summed E-state index contributed by atoms with van der Waals surface area (Å²) in [5, 5.41) is 21.7. The van der Waals surface area contributed by atoms with E-state index in [0.717, 1.165) is 0 Å². The third-order valence-corrected chi connectivity index (χ3v) is 3.43. The maximum atomic E-state index is 9.72. The second-order valence-corrected chi connectivity index (χ2v) is 4.95. The number of fused-ring (bicyclic) bond motifs is 1. The number of hydrogen-bond acceptors (Lipinski definition) is 9. The minimum absolute atomic E-state index is 0.192. The normalized spacial score (nSPS) is 30.6. The van der Waals surface area contributed by atoms with Crippen LogP contribution >= 0.6 is 0 Å². The summed E-state index contributed by atoms with van der Waals surface area (Å²) in [4.78, 5) is 14.0. The van der Waals surface area contributed by atoms with Gasteiger partial charge in [-0.25, -0.2) is 9.98 Å². The number of aliphatic hydroxyl groups excluding tert-OH is 2. The van der Waals surface area contributed by atoms with E-state index in [2.05, 4.69) is 15.3 Å². The molecule has 1 saturated heterocycles. The average molecular weight is 313 g/mol. The molecule has 1 aromatic heterocycles. The van der Waals surface area contributed by atoms with Gasteiger partial charge in [-0.15, -0.1) is 0 Å². The number of nitrogens with zero attached hydrogens (tertiary/aromatic N) is 3. The minimum atomic E-state index is -0.773. The van der Waals surface area contributed by atoms with Crippen molar-refractivity contribution < 1.29 is 24.5 Å². The Hall–Kier alpha value is -1.88. The standard InChI is InChI=1S/C12H19N5O5/c1-2-20-11-9-10(15-12(13)16-11)17(5-14-9)22-8-3-6(19)7(4-18)21-8/h5-8,11,18-19H,2-4H2,1H3,(H3,13,15,16)/t6-,7+,8-,11?/m0/s1. The average Bonchev–Trinajstić information content (AvgIpc) is 3.03. The van der Waals surface area contributed by atoms with Crippen LogP contribution in [-0.4, -0.2) is 57.6 Å². The van der Waals surface area contributed by atoms with Crippen molar-refractivity contribution in [2.45, 2.75) is 38.1 Å². The van der Waals surface area contributed by atoms with E-state index in [1.54, 1.807) is 0 Å². The highest BCUT2D eigenvalue weighted by Gasteiger charge is 2.36. The zero-order valence-corrected chi connectivity index (χ0v) is 12.0. The summed E-state index contributed by atoms with van der Waals surface area (Å²) >= 11 is 0. The molecule has 0 radical (unpaired) electrons. The summed E-state index contributed by atoms with van der Waals surface area (Å²) in [6.45, 7) is 2.04. The van der Waals surface area contributed by atoms with E-state index in [0.29, 0.717) is 18.1 Å². The fourth-order valence-corrected chi connectivity index (χ4v) is 2.39. The molecule has 3 heterocycles. The summed E-state index contributed by atoms with van der Waals surface area (Å²) in [5.74, 6) is 0.688. The fourth-order valence-electron chi connectivity index (χ4n) is 2.39. The van der Waals surface area contributed by atoms with Crippen molar-refractivity contribution in [3.63, 3.8) is 0 Å². The molecule has 10 nitrogen and oxygen atoms in total. The predicted octanol–water partition coefficient (Wildman–Crippen LogP) is -1.44. The molecule has 1 aromatic rings. The molecule has 0 saturated carbocycles. The number of guanidine groups is 1. The van der Waals surface area contributed by atoms with Crippen molar-refractivity contribution >= 4 is 11.8 Å². The molecular weight excluding hydrogens is 294 g/mol. The highest BCUT2D eigenvalue weighted by Crippen LogP contribution is 2.29. The zero-order chi connectivity index (χ0) is 15.7. The first-order valence-electron chi connectivity index (χ1n) is 7.03. The lowest BCUT2D eigenvalue weighted by Crippen LogP contribution is -2.33. The number of aliphatic hydroxyl groups is 2. The van der Waals surface area contributed by atoms with E-state index in [1.807, 2.05) is 6.92 Å². The van der Waals surface area contributed by atoms with E-state index in [4.69, 9.17) is 25.2 Å². The molecule has 10 heteroatoms. The number of nitrogens with two attached hydrogens (primary N) is 1. The van der Waals surface area contributed by atoms with Crippen LogP contribution in [0.4, 0.5) is 5.82 Å². The van der Waals surface area contributed by atoms with Crippen LogP contribution in [0.3, 0.4) is 0 Å². The summed E-state index contributed by atoms with van der Waals surface area (Å²) in [7, 11) is 0. The van der Waals surface area contributed by atoms with Crippen molar-refractivity contribution in [1.29, 1.82) is 0 Å². The molecule has 5 N–H and O–H groups in total. The Morgan fingerprint density at radius 3 is 3.09 bits per heavy atom. The van der Waals surface area contributed by atoms with Crippen molar-refractivity contribution in [2.24, 2.45) is 10.7 Å². The summed E-state index contributed by atoms with van der Waals surface area (Å²) in [6.07, 6.45) is -1.02. The second kappa shape index (κ2) is 6.08. The molecular formula is C12H19N5O5. The number of ether oxygens (including phenoxy) is 2. The van der Waals surface area contributed by atoms with Gasteiger partial charge in [-0.05, 0) is 6.92 Å². The predicted molar refractivity (Wildman–Crippen MR) is 74.8 cm³/mol. The molecule has 2 aliphatic rings. The molecule has 0 bridgehead atoms. The molecule has 0 spiro atoms. The highest BCUT2D eigenvalue weighted by molar-refractivity contribution is 5.93. The number of anilines is 1. The molecule has 3 rings (SSSR count). The Balaban J connectivity index is 1.75. The van der Waals surface area contributed by atoms with Gasteiger partial charge >= 0.3 is 0 Å². The number of imidazole rings is 1. The van der Waals surface area contributed by atoms with Crippen LogP contribution < -0.4 is 15.9 Å². The molecule has 1 fully saturated rings. The van der Waals surface area contributed by atoms with Crippen LogP contribution in [0.1, 0.15) is 25.3 Å². The third kappa shape index (κ3) is 2.73. The number of nitrogens with one attached hydrogen (secondary N) is 1. The van der Waals surface area contributed by atoms with Crippen LogP contribution in [0.2, 0.25) is 0 Å². The van der Waals surface area contributed by atoms with Gasteiger partial charge in [0, 0.05) is 13.0 Å². The lowest BCUT2D eigenvalue weighted by Gasteiger charge is -2.21. The summed E-state index contributed by atoms with van der Waals surface area (Å²) in [5.41, 5.74) is 6.28. The number of rotatable bonds is 5. The van der Waals surface area contributed by atoms with Gasteiger partial charge in [0.25, 0.3) is 0 Å². The molecule has 0 amide bonds. The van der Waals surface area contributed by atoms with Gasteiger partial charge in [-0.1, -0.05) is 0 Å². The van der Waals surface area contributed by atoms with Crippen LogP contribution in [0.5, 0.6) is 0 Å². The van der Waals surface area contributed by atoms with Gasteiger partial charge in [-0.3, -0.25) is 0 Å². The Morgan fingerprint density at radius 1 is 1.59 bits per heavy atom. The van der Waals surface area contributed by atoms with Crippen molar-refractivity contribution in [1.82, 2.24) is 9.71 Å². The van der Waals surface area contributed by atoms with Crippen molar-refractivity contribution in [2.75, 3.05) is 18.5 Å². The first-order valence-corrected chi connectivity index (χ1v) is 7.03. The number of hydrogen-bond donors (Lipinski definition) is 4. The van der Waals surface area contributed by atoms with E-state index >= 15 is 0 Å². The first kappa shape index (κ1) is 15.0. The van der Waals surface area contributed by atoms with Crippen LogP contribution in [0.15, 0.2) is 11.3 Å². The van der Waals surface area contributed by atoms with Crippen LogP contribution in [-0.2, 0) is 9.47 Å². The largest absolute Gasteiger partial charge is 0.394 e. The second-order valence-electron chi connectivity index (χ2n) is 4.95. The van der Waals surface area contributed by atoms with Gasteiger partial charge < -0.3 is 35.6 Å². The topological polar surface area (TPSA) is 136 Å². The number of aromatic nitrogens is 2. The van der Waals surface area contributed by atoms with Crippen molar-refractivity contribution in [3.8, 4) is 0 Å². The van der Waals surface area contributed by atoms with Gasteiger partial charge in [-0.2, -0.15) is 4.73 Å². The quantitative estimate of drug-likeness (QED) is 0.518. The Kier molecular flexibility index (Phi) is 4.16. The number of aliphatic imine (C=N–C) groups is 1. The Bertz CT molecular complexity index is 562. The molecule has 0 aromatic carbocycles. The van der Waals surface area contributed by atoms with Gasteiger partial charge in [0.15, 0.2) is 18.0 Å². The van der Waals surface area contributed by atoms with E-state index in [9.17, 15) is 5.11 Å². The molecule has 1 unspecified atom stereocenters. The molecule has 122 valence electrons. The van der Waals surface area contributed by atoms with Gasteiger partial charge in [0.2, 0.25) is 6.29 Å². The van der Waals surface area contributed by atoms with Gasteiger partial charge in [0.05, 0.1) is 12.7 Å². The fraction of sp³-hybridized carbons (Fsp3) is 0.667. The van der Waals surface area contributed by atoms with Crippen molar-refractivity contribution in [3.05, 3.63) is 12.0 Å². The monoisotopic (exact) mass is 313 g/mol. The summed E-state index contributed by atoms with van der Waals surface area (Å²) < 4.78 is 12.2. The lowest BCUT2D eigenvalue weighted by atomic mass is 10.2. The van der Waals surface area contributed by atoms with E-state index < -0.39 is 24.7 Å².